The first-order valence-corrected chi connectivity index (χ1v) is 10.8. The van der Waals surface area contributed by atoms with Gasteiger partial charge in [0.2, 0.25) is 23.4 Å². The number of amides is 5. The summed E-state index contributed by atoms with van der Waals surface area (Å²) < 4.78 is 0. The Kier molecular flexibility index (Phi) is 7.37. The van der Waals surface area contributed by atoms with E-state index in [2.05, 4.69) is 0 Å². The van der Waals surface area contributed by atoms with Crippen molar-refractivity contribution in [3.63, 3.8) is 0 Å². The Hall–Kier alpha value is -4.74. The van der Waals surface area contributed by atoms with E-state index in [9.17, 15) is 28.8 Å². The van der Waals surface area contributed by atoms with Crippen LogP contribution in [-0.2, 0) is 4.79 Å². The summed E-state index contributed by atoms with van der Waals surface area (Å²) in [4.78, 5) is 72.9. The van der Waals surface area contributed by atoms with Crippen molar-refractivity contribution in [3.8, 4) is 0 Å². The second kappa shape index (κ2) is 10.3. The van der Waals surface area contributed by atoms with Gasteiger partial charge in [0.25, 0.3) is 0 Å². The van der Waals surface area contributed by atoms with Crippen LogP contribution in [0.5, 0.6) is 0 Å². The second-order valence-corrected chi connectivity index (χ2v) is 8.15. The van der Waals surface area contributed by atoms with Crippen LogP contribution >= 0.6 is 0 Å². The van der Waals surface area contributed by atoms with Crippen LogP contribution in [0.3, 0.4) is 0 Å². The standard InChI is InChI=1S/C15H11NO3.C9H14N4O4/c16-15(19)12-9-5-4-8-11(12)14(18)13(17)10-6-2-1-3-7-10;1-5-7(14)10(2)4-6-12(5)8(15)11(3)13(6)9(16)17/h1-9H,(H2,16,19);5-6H,4H2,1-3H3,(H,16,17). The Morgan fingerprint density at radius 1 is 0.889 bits per heavy atom. The maximum Gasteiger partial charge on any atom is 0.428 e. The van der Waals surface area contributed by atoms with E-state index in [1.807, 2.05) is 0 Å². The van der Waals surface area contributed by atoms with Crippen molar-refractivity contribution in [3.05, 3.63) is 71.3 Å². The molecule has 2 saturated heterocycles. The number of carboxylic acid groups (broad SMARTS) is 1. The van der Waals surface area contributed by atoms with Gasteiger partial charge in [-0.1, -0.05) is 48.5 Å². The second-order valence-electron chi connectivity index (χ2n) is 8.15. The number of nitrogens with two attached hydrogens (primary N) is 1. The summed E-state index contributed by atoms with van der Waals surface area (Å²) in [6.07, 6.45) is -1.84. The number of hydrogen-bond donors (Lipinski definition) is 2. The SMILES string of the molecule is CC1C(=O)N(C)CC2N1C(=O)N(C)N2C(=O)O.NC(=O)c1ccccc1C(=O)C(=O)c1ccccc1. The molecule has 5 amide bonds. The monoisotopic (exact) mass is 495 g/mol. The van der Waals surface area contributed by atoms with Gasteiger partial charge in [0.1, 0.15) is 6.04 Å². The number of benzene rings is 2. The highest BCUT2D eigenvalue weighted by Gasteiger charge is 2.52. The third-order valence-electron chi connectivity index (χ3n) is 5.89. The number of urea groups is 1. The number of fused-ring (bicyclic) bond motifs is 1. The van der Waals surface area contributed by atoms with Gasteiger partial charge in [-0.25, -0.2) is 14.6 Å². The van der Waals surface area contributed by atoms with Gasteiger partial charge < -0.3 is 15.7 Å². The molecule has 12 heteroatoms. The number of primary amides is 1. The summed E-state index contributed by atoms with van der Waals surface area (Å²) >= 11 is 0. The molecule has 0 aromatic heterocycles. The minimum Gasteiger partial charge on any atom is -0.464 e. The topological polar surface area (TPSA) is 162 Å². The molecule has 0 aliphatic carbocycles. The molecular formula is C24H25N5O7. The summed E-state index contributed by atoms with van der Waals surface area (Å²) in [5.41, 5.74) is 5.56. The molecule has 2 aliphatic heterocycles. The summed E-state index contributed by atoms with van der Waals surface area (Å²) in [5.74, 6) is -2.31. The number of hydrazine groups is 1. The molecule has 0 bridgehead atoms. The predicted octanol–water partition coefficient (Wildman–Crippen LogP) is 1.29. The summed E-state index contributed by atoms with van der Waals surface area (Å²) in [6.45, 7) is 1.79. The molecule has 2 heterocycles. The fourth-order valence-corrected chi connectivity index (χ4v) is 4.06. The van der Waals surface area contributed by atoms with Crippen LogP contribution < -0.4 is 5.73 Å². The first-order valence-electron chi connectivity index (χ1n) is 10.8. The molecule has 12 nitrogen and oxygen atoms in total. The van der Waals surface area contributed by atoms with Crippen molar-refractivity contribution in [1.29, 1.82) is 0 Å². The lowest BCUT2D eigenvalue weighted by molar-refractivity contribution is -0.142. The minimum atomic E-state index is -1.21. The maximum absolute atomic E-state index is 12.1. The van der Waals surface area contributed by atoms with Gasteiger partial charge in [0.15, 0.2) is 6.17 Å². The van der Waals surface area contributed by atoms with Crippen molar-refractivity contribution in [2.45, 2.75) is 19.1 Å². The Bertz CT molecular complexity index is 1230. The highest BCUT2D eigenvalue weighted by molar-refractivity contribution is 6.50. The van der Waals surface area contributed by atoms with E-state index >= 15 is 0 Å². The molecule has 2 aromatic rings. The van der Waals surface area contributed by atoms with Gasteiger partial charge in [-0.05, 0) is 13.0 Å². The van der Waals surface area contributed by atoms with Crippen LogP contribution in [-0.4, -0.2) is 93.3 Å². The molecule has 3 N–H and O–H groups in total. The van der Waals surface area contributed by atoms with E-state index in [0.29, 0.717) is 0 Å². The molecule has 0 radical (unpaired) electrons. The van der Waals surface area contributed by atoms with Gasteiger partial charge >= 0.3 is 12.1 Å². The average molecular weight is 495 g/mol. The fourth-order valence-electron chi connectivity index (χ4n) is 4.06. The molecule has 188 valence electrons. The lowest BCUT2D eigenvalue weighted by atomic mass is 9.97. The van der Waals surface area contributed by atoms with E-state index in [0.717, 1.165) is 10.0 Å². The third-order valence-corrected chi connectivity index (χ3v) is 5.89. The molecule has 4 rings (SSSR count). The summed E-state index contributed by atoms with van der Waals surface area (Å²) in [6, 6.07) is 13.1. The van der Waals surface area contributed by atoms with E-state index in [1.54, 1.807) is 56.4 Å². The van der Waals surface area contributed by atoms with Crippen molar-refractivity contribution in [2.75, 3.05) is 20.6 Å². The Balaban J connectivity index is 0.000000202. The van der Waals surface area contributed by atoms with Crippen LogP contribution in [0.1, 0.15) is 38.0 Å². The van der Waals surface area contributed by atoms with E-state index in [1.165, 1.54) is 29.0 Å². The number of hydrogen-bond acceptors (Lipinski definition) is 6. The number of likely N-dealkylation sites (N-methyl/N-ethyl adjacent to an activating group) is 1. The predicted molar refractivity (Wildman–Crippen MR) is 126 cm³/mol. The first-order chi connectivity index (χ1) is 17.0. The molecule has 0 spiro atoms. The van der Waals surface area contributed by atoms with Gasteiger partial charge in [0.05, 0.1) is 12.1 Å². The number of rotatable bonds is 4. The highest BCUT2D eigenvalue weighted by Crippen LogP contribution is 2.27. The number of carbonyl (C=O) groups excluding carboxylic acids is 5. The lowest BCUT2D eigenvalue weighted by Gasteiger charge is -2.39. The van der Waals surface area contributed by atoms with Crippen LogP contribution in [0.25, 0.3) is 0 Å². The normalized spacial score (nSPS) is 18.9. The molecule has 2 atom stereocenters. The van der Waals surface area contributed by atoms with Gasteiger partial charge in [-0.2, -0.15) is 5.01 Å². The number of carbonyl (C=O) groups is 6. The Morgan fingerprint density at radius 2 is 1.44 bits per heavy atom. The molecule has 0 saturated carbocycles. The van der Waals surface area contributed by atoms with Crippen molar-refractivity contribution >= 4 is 35.5 Å². The summed E-state index contributed by atoms with van der Waals surface area (Å²) in [5, 5.41) is 11.1. The average Bonchev–Trinajstić information content (AvgIpc) is 3.12. The number of piperazine rings is 1. The van der Waals surface area contributed by atoms with Crippen molar-refractivity contribution < 1.29 is 33.9 Å². The van der Waals surface area contributed by atoms with E-state index in [4.69, 9.17) is 10.8 Å². The molecular weight excluding hydrogens is 470 g/mol. The zero-order chi connectivity index (χ0) is 26.7. The van der Waals surface area contributed by atoms with Crippen LogP contribution in [0.15, 0.2) is 54.6 Å². The minimum absolute atomic E-state index is 0.0313. The van der Waals surface area contributed by atoms with E-state index in [-0.39, 0.29) is 29.1 Å². The van der Waals surface area contributed by atoms with Crippen LogP contribution in [0, 0.1) is 0 Å². The molecule has 36 heavy (non-hydrogen) atoms. The largest absolute Gasteiger partial charge is 0.464 e. The quantitative estimate of drug-likeness (QED) is 0.477. The zero-order valence-corrected chi connectivity index (χ0v) is 19.8. The van der Waals surface area contributed by atoms with Gasteiger partial charge in [-0.15, -0.1) is 0 Å². The molecule has 2 aliphatic rings. The van der Waals surface area contributed by atoms with Crippen LogP contribution in [0.4, 0.5) is 9.59 Å². The zero-order valence-electron chi connectivity index (χ0n) is 19.8. The van der Waals surface area contributed by atoms with Gasteiger partial charge in [0, 0.05) is 25.2 Å². The number of ketones is 2. The Labute approximate surface area is 206 Å². The van der Waals surface area contributed by atoms with Crippen LogP contribution in [0.2, 0.25) is 0 Å². The molecule has 2 aromatic carbocycles. The number of Topliss-reactive ketones (excluding diaryl/α,β-unsaturated/α-hetero) is 2. The lowest BCUT2D eigenvalue weighted by Crippen LogP contribution is -2.61. The smallest absolute Gasteiger partial charge is 0.428 e. The number of nitrogens with zero attached hydrogens (tertiary/aromatic N) is 4. The molecule has 2 unspecified atom stereocenters. The first kappa shape index (κ1) is 25.9. The highest BCUT2D eigenvalue weighted by atomic mass is 16.4. The molecule has 2 fully saturated rings. The van der Waals surface area contributed by atoms with E-state index < -0.39 is 41.8 Å². The van der Waals surface area contributed by atoms with Gasteiger partial charge in [-0.3, -0.25) is 24.1 Å². The third kappa shape index (κ3) is 4.73. The Morgan fingerprint density at radius 3 is 2.00 bits per heavy atom. The van der Waals surface area contributed by atoms with Crippen molar-refractivity contribution in [2.24, 2.45) is 5.73 Å². The van der Waals surface area contributed by atoms with Crippen molar-refractivity contribution in [1.82, 2.24) is 19.8 Å². The maximum atomic E-state index is 12.1. The fraction of sp³-hybridized carbons (Fsp3) is 0.250. The summed E-state index contributed by atoms with van der Waals surface area (Å²) in [7, 11) is 2.98.